The molecule has 1 heterocycles. The van der Waals surface area contributed by atoms with Crippen LogP contribution in [0.5, 0.6) is 0 Å². The summed E-state index contributed by atoms with van der Waals surface area (Å²) in [7, 11) is -4.58. The van der Waals surface area contributed by atoms with Crippen LogP contribution >= 0.6 is 0 Å². The summed E-state index contributed by atoms with van der Waals surface area (Å²) < 4.78 is 80.9. The van der Waals surface area contributed by atoms with Gasteiger partial charge >= 0.3 is 6.18 Å². The Hall–Kier alpha value is -2.73. The number of non-ortho nitro benzene ring substituents is 1. The Labute approximate surface area is 163 Å². The van der Waals surface area contributed by atoms with Crippen molar-refractivity contribution < 1.29 is 30.9 Å². The van der Waals surface area contributed by atoms with Crippen LogP contribution in [0.15, 0.2) is 53.4 Å². The first kappa shape index (κ1) is 21.0. The first-order valence-corrected chi connectivity index (χ1v) is 9.78. The van der Waals surface area contributed by atoms with E-state index in [1.54, 1.807) is 0 Å². The molecule has 1 saturated heterocycles. The normalized spacial score (nSPS) is 18.6. The topological polar surface area (TPSA) is 83.8 Å². The quantitative estimate of drug-likeness (QED) is 0.420. The van der Waals surface area contributed by atoms with Crippen molar-refractivity contribution in [1.29, 1.82) is 0 Å². The second-order valence-corrected chi connectivity index (χ2v) is 8.21. The van der Waals surface area contributed by atoms with E-state index in [2.05, 4.69) is 0 Å². The molecule has 1 fully saturated rings. The molecule has 1 atom stereocenters. The van der Waals surface area contributed by atoms with Crippen molar-refractivity contribution >= 4 is 21.4 Å². The van der Waals surface area contributed by atoms with Crippen LogP contribution in [0.25, 0.3) is 0 Å². The SMILES string of the molecule is O=[N+]([O-])c1ccc(S(=O)(=O)N2CCN(c3ccccc3F)CC2C(F)(F)F)cc1. The van der Waals surface area contributed by atoms with Gasteiger partial charge in [-0.1, -0.05) is 12.1 Å². The number of nitro benzene ring substituents is 1. The molecule has 1 aliphatic rings. The van der Waals surface area contributed by atoms with E-state index in [1.807, 2.05) is 0 Å². The summed E-state index contributed by atoms with van der Waals surface area (Å²) in [5.74, 6) is -0.708. The number of nitro groups is 1. The fourth-order valence-electron chi connectivity index (χ4n) is 3.12. The molecule has 0 bridgehead atoms. The predicted molar refractivity (Wildman–Crippen MR) is 95.4 cm³/mol. The van der Waals surface area contributed by atoms with Crippen molar-refractivity contribution in [2.75, 3.05) is 24.5 Å². The van der Waals surface area contributed by atoms with Gasteiger partial charge in [0.05, 0.1) is 15.5 Å². The van der Waals surface area contributed by atoms with Crippen molar-refractivity contribution in [3.05, 3.63) is 64.5 Å². The molecule has 0 saturated carbocycles. The standard InChI is InChI=1S/C17H15F4N3O4S/c18-14-3-1-2-4-15(14)22-9-10-23(16(11-22)17(19,20)21)29(27,28)13-7-5-12(6-8-13)24(25)26/h1-8,16H,9-11H2. The summed E-state index contributed by atoms with van der Waals surface area (Å²) in [6.07, 6.45) is -4.90. The third kappa shape index (κ3) is 4.17. The lowest BCUT2D eigenvalue weighted by molar-refractivity contribution is -0.384. The van der Waals surface area contributed by atoms with E-state index >= 15 is 0 Å². The number of piperazine rings is 1. The highest BCUT2D eigenvalue weighted by Crippen LogP contribution is 2.34. The van der Waals surface area contributed by atoms with Gasteiger partial charge in [-0.3, -0.25) is 10.1 Å². The molecule has 0 radical (unpaired) electrons. The van der Waals surface area contributed by atoms with Crippen molar-refractivity contribution in [3.8, 4) is 0 Å². The van der Waals surface area contributed by atoms with Gasteiger partial charge in [-0.05, 0) is 24.3 Å². The zero-order valence-corrected chi connectivity index (χ0v) is 15.5. The Morgan fingerprint density at radius 3 is 2.21 bits per heavy atom. The molecular formula is C17H15F4N3O4S. The van der Waals surface area contributed by atoms with Crippen LogP contribution in [0.3, 0.4) is 0 Å². The molecule has 0 amide bonds. The fraction of sp³-hybridized carbons (Fsp3) is 0.294. The lowest BCUT2D eigenvalue weighted by atomic mass is 10.1. The monoisotopic (exact) mass is 433 g/mol. The maximum Gasteiger partial charge on any atom is 0.406 e. The summed E-state index contributed by atoms with van der Waals surface area (Å²) in [6.45, 7) is -1.46. The zero-order chi connectivity index (χ0) is 21.4. The van der Waals surface area contributed by atoms with Crippen molar-refractivity contribution in [2.45, 2.75) is 17.1 Å². The van der Waals surface area contributed by atoms with Gasteiger partial charge in [-0.15, -0.1) is 0 Å². The first-order chi connectivity index (χ1) is 13.5. The Balaban J connectivity index is 1.94. The highest BCUT2D eigenvalue weighted by molar-refractivity contribution is 7.89. The number of benzene rings is 2. The molecule has 0 N–H and O–H groups in total. The molecule has 12 heteroatoms. The highest BCUT2D eigenvalue weighted by atomic mass is 32.2. The Morgan fingerprint density at radius 1 is 1.03 bits per heavy atom. The maximum atomic E-state index is 14.0. The van der Waals surface area contributed by atoms with Crippen LogP contribution in [0.2, 0.25) is 0 Å². The predicted octanol–water partition coefficient (Wildman–Crippen LogP) is 3.18. The number of hydrogen-bond acceptors (Lipinski definition) is 5. The smallest absolute Gasteiger partial charge is 0.366 e. The Bertz CT molecular complexity index is 1010. The van der Waals surface area contributed by atoms with E-state index in [1.165, 1.54) is 18.2 Å². The van der Waals surface area contributed by atoms with E-state index in [-0.39, 0.29) is 17.9 Å². The molecule has 0 spiro atoms. The number of halogens is 4. The van der Waals surface area contributed by atoms with Gasteiger partial charge in [0.15, 0.2) is 0 Å². The Morgan fingerprint density at radius 2 is 1.66 bits per heavy atom. The molecule has 7 nitrogen and oxygen atoms in total. The van der Waals surface area contributed by atoms with Gasteiger partial charge in [-0.25, -0.2) is 12.8 Å². The Kier molecular flexibility index (Phi) is 5.50. The lowest BCUT2D eigenvalue weighted by Crippen LogP contribution is -2.60. The summed E-state index contributed by atoms with van der Waals surface area (Å²) in [5.41, 5.74) is -0.435. The minimum atomic E-state index is -4.90. The fourth-order valence-corrected chi connectivity index (χ4v) is 4.72. The molecule has 2 aromatic rings. The van der Waals surface area contributed by atoms with Gasteiger partial charge in [0.25, 0.3) is 5.69 Å². The summed E-state index contributed by atoms with van der Waals surface area (Å²) in [5, 5.41) is 10.7. The molecule has 29 heavy (non-hydrogen) atoms. The van der Waals surface area contributed by atoms with Gasteiger partial charge in [0.1, 0.15) is 11.9 Å². The van der Waals surface area contributed by atoms with Crippen molar-refractivity contribution in [2.24, 2.45) is 0 Å². The van der Waals surface area contributed by atoms with Crippen molar-refractivity contribution in [3.63, 3.8) is 0 Å². The third-order valence-corrected chi connectivity index (χ3v) is 6.48. The van der Waals surface area contributed by atoms with Gasteiger partial charge in [-0.2, -0.15) is 17.5 Å². The molecule has 0 aromatic heterocycles. The molecule has 0 aliphatic carbocycles. The van der Waals surface area contributed by atoms with Crippen molar-refractivity contribution in [1.82, 2.24) is 4.31 Å². The molecular weight excluding hydrogens is 418 g/mol. The molecule has 1 unspecified atom stereocenters. The lowest BCUT2D eigenvalue weighted by Gasteiger charge is -2.42. The van der Waals surface area contributed by atoms with E-state index in [0.29, 0.717) is 4.31 Å². The summed E-state index contributed by atoms with van der Waals surface area (Å²) in [6, 6.07) is 6.50. The maximum absolute atomic E-state index is 14.0. The van der Waals surface area contributed by atoms with E-state index in [9.17, 15) is 36.1 Å². The van der Waals surface area contributed by atoms with E-state index in [0.717, 1.165) is 35.2 Å². The minimum absolute atomic E-state index is 0.0471. The number of para-hydroxylation sites is 1. The number of alkyl halides is 3. The molecule has 3 rings (SSSR count). The van der Waals surface area contributed by atoms with Gasteiger partial charge in [0, 0.05) is 31.8 Å². The minimum Gasteiger partial charge on any atom is -0.366 e. The second kappa shape index (κ2) is 7.59. The van der Waals surface area contributed by atoms with E-state index < -0.39 is 51.0 Å². The van der Waals surface area contributed by atoms with Crippen LogP contribution in [0.1, 0.15) is 0 Å². The van der Waals surface area contributed by atoms with Crippen LogP contribution in [-0.2, 0) is 10.0 Å². The zero-order valence-electron chi connectivity index (χ0n) is 14.7. The van der Waals surface area contributed by atoms with Crippen LogP contribution in [-0.4, -0.2) is 49.5 Å². The molecule has 156 valence electrons. The molecule has 1 aliphatic heterocycles. The third-order valence-electron chi connectivity index (χ3n) is 4.56. The van der Waals surface area contributed by atoms with Crippen LogP contribution in [0, 0.1) is 15.9 Å². The largest absolute Gasteiger partial charge is 0.406 e. The second-order valence-electron chi connectivity index (χ2n) is 6.32. The van der Waals surface area contributed by atoms with Gasteiger partial charge < -0.3 is 4.90 Å². The average molecular weight is 433 g/mol. The summed E-state index contributed by atoms with van der Waals surface area (Å²) in [4.78, 5) is 10.6. The van der Waals surface area contributed by atoms with Crippen LogP contribution < -0.4 is 4.90 Å². The number of nitrogens with zero attached hydrogens (tertiary/aromatic N) is 3. The number of rotatable bonds is 4. The highest BCUT2D eigenvalue weighted by Gasteiger charge is 2.51. The van der Waals surface area contributed by atoms with Crippen LogP contribution in [0.4, 0.5) is 28.9 Å². The number of anilines is 1. The average Bonchev–Trinajstić information content (AvgIpc) is 2.67. The van der Waals surface area contributed by atoms with Gasteiger partial charge in [0.2, 0.25) is 10.0 Å². The van der Waals surface area contributed by atoms with E-state index in [4.69, 9.17) is 0 Å². The summed E-state index contributed by atoms with van der Waals surface area (Å²) >= 11 is 0. The first-order valence-electron chi connectivity index (χ1n) is 8.34. The number of hydrogen-bond donors (Lipinski definition) is 0. The number of sulfonamides is 1. The molecule has 2 aromatic carbocycles.